The number of nitrogens with one attached hydrogen (secondary N) is 2. The Balaban J connectivity index is 1.27. The van der Waals surface area contributed by atoms with Gasteiger partial charge >= 0.3 is 5.97 Å². The van der Waals surface area contributed by atoms with Crippen LogP contribution in [0.5, 0.6) is 0 Å². The van der Waals surface area contributed by atoms with Crippen LogP contribution >= 0.6 is 23.1 Å². The summed E-state index contributed by atoms with van der Waals surface area (Å²) in [6.07, 6.45) is 0.128. The zero-order chi connectivity index (χ0) is 23.9. The van der Waals surface area contributed by atoms with Crippen LogP contribution in [-0.4, -0.2) is 40.3 Å². The van der Waals surface area contributed by atoms with Crippen LogP contribution in [0.3, 0.4) is 0 Å². The first-order valence-corrected chi connectivity index (χ1v) is 12.1. The topological polar surface area (TPSA) is 123 Å². The van der Waals surface area contributed by atoms with Crippen molar-refractivity contribution in [1.82, 2.24) is 10.2 Å². The summed E-state index contributed by atoms with van der Waals surface area (Å²) in [7, 11) is 0. The molecule has 0 aliphatic rings. The number of hydrogen-bond acceptors (Lipinski definition) is 9. The third-order valence-electron chi connectivity index (χ3n) is 4.50. The van der Waals surface area contributed by atoms with Gasteiger partial charge in [-0.05, 0) is 36.8 Å². The van der Waals surface area contributed by atoms with Crippen LogP contribution < -0.4 is 10.6 Å². The fourth-order valence-corrected chi connectivity index (χ4v) is 4.55. The monoisotopic (exact) mass is 496 g/mol. The number of carbonyl (C=O) groups excluding carboxylic acids is 3. The molecule has 9 nitrogen and oxygen atoms in total. The van der Waals surface area contributed by atoms with Gasteiger partial charge in [0.05, 0.1) is 18.8 Å². The van der Waals surface area contributed by atoms with Crippen molar-refractivity contribution in [3.63, 3.8) is 0 Å². The van der Waals surface area contributed by atoms with Crippen molar-refractivity contribution in [1.29, 1.82) is 0 Å². The number of anilines is 2. The SMILES string of the molecule is CCOC(=O)CSc1nnc(NC(=O)Cc2ccc(NC(=O)c3cc4ccccc4o3)cc2)s1. The summed E-state index contributed by atoms with van der Waals surface area (Å²) in [6, 6.07) is 16.1. The highest BCUT2D eigenvalue weighted by Crippen LogP contribution is 2.26. The average Bonchev–Trinajstić information content (AvgIpc) is 3.46. The molecule has 4 aromatic rings. The van der Waals surface area contributed by atoms with E-state index < -0.39 is 0 Å². The van der Waals surface area contributed by atoms with Crippen molar-refractivity contribution >= 4 is 62.7 Å². The van der Waals surface area contributed by atoms with Crippen molar-refractivity contribution in [2.75, 3.05) is 23.0 Å². The number of aromatic nitrogens is 2. The van der Waals surface area contributed by atoms with Gasteiger partial charge in [-0.2, -0.15) is 0 Å². The van der Waals surface area contributed by atoms with Gasteiger partial charge in [0.15, 0.2) is 10.1 Å². The Morgan fingerprint density at radius 2 is 1.85 bits per heavy atom. The molecule has 2 amide bonds. The minimum Gasteiger partial charge on any atom is -0.465 e. The molecule has 0 atom stereocenters. The number of thioether (sulfide) groups is 1. The van der Waals surface area contributed by atoms with Crippen molar-refractivity contribution in [2.45, 2.75) is 17.7 Å². The summed E-state index contributed by atoms with van der Waals surface area (Å²) in [5.74, 6) is -0.575. The number of ether oxygens (including phenoxy) is 1. The van der Waals surface area contributed by atoms with Crippen molar-refractivity contribution in [3.8, 4) is 0 Å². The standard InChI is InChI=1S/C23H20N4O5S2/c1-2-31-20(29)13-33-23-27-26-22(34-23)25-19(28)11-14-7-9-16(10-8-14)24-21(30)18-12-15-5-3-4-6-17(15)32-18/h3-10,12H,2,11,13H2,1H3,(H,24,30)(H,25,26,28). The van der Waals surface area contributed by atoms with Crippen molar-refractivity contribution < 1.29 is 23.5 Å². The molecule has 0 aliphatic heterocycles. The van der Waals surface area contributed by atoms with Gasteiger partial charge in [-0.3, -0.25) is 14.4 Å². The molecule has 0 spiro atoms. The Bertz CT molecular complexity index is 1280. The lowest BCUT2D eigenvalue weighted by atomic mass is 10.1. The first-order chi connectivity index (χ1) is 16.5. The van der Waals surface area contributed by atoms with E-state index in [9.17, 15) is 14.4 Å². The van der Waals surface area contributed by atoms with Gasteiger partial charge in [0.1, 0.15) is 5.58 Å². The highest BCUT2D eigenvalue weighted by molar-refractivity contribution is 8.01. The third-order valence-corrected chi connectivity index (χ3v) is 6.44. The van der Waals surface area contributed by atoms with Gasteiger partial charge in [-0.15, -0.1) is 10.2 Å². The van der Waals surface area contributed by atoms with Gasteiger partial charge in [0, 0.05) is 11.1 Å². The van der Waals surface area contributed by atoms with Gasteiger partial charge in [-0.1, -0.05) is 53.4 Å². The van der Waals surface area contributed by atoms with Crippen LogP contribution in [0.15, 0.2) is 63.4 Å². The molecule has 2 heterocycles. The minimum absolute atomic E-state index is 0.128. The van der Waals surface area contributed by atoms with E-state index in [2.05, 4.69) is 20.8 Å². The van der Waals surface area contributed by atoms with Crippen LogP contribution in [0.2, 0.25) is 0 Å². The molecule has 4 rings (SSSR count). The molecule has 2 N–H and O–H groups in total. The second-order valence-electron chi connectivity index (χ2n) is 6.99. The Morgan fingerprint density at radius 3 is 2.62 bits per heavy atom. The number of furan rings is 1. The maximum absolute atomic E-state index is 12.5. The lowest BCUT2D eigenvalue weighted by Crippen LogP contribution is -2.14. The van der Waals surface area contributed by atoms with Crippen LogP contribution in [0, 0.1) is 0 Å². The molecule has 0 bridgehead atoms. The maximum atomic E-state index is 12.5. The van der Waals surface area contributed by atoms with Crippen LogP contribution in [-0.2, 0) is 20.7 Å². The highest BCUT2D eigenvalue weighted by Gasteiger charge is 2.14. The molecule has 2 aromatic carbocycles. The number of amides is 2. The maximum Gasteiger partial charge on any atom is 0.316 e. The van der Waals surface area contributed by atoms with E-state index in [1.807, 2.05) is 18.2 Å². The van der Waals surface area contributed by atoms with Crippen LogP contribution in [0.4, 0.5) is 10.8 Å². The van der Waals surface area contributed by atoms with Crippen LogP contribution in [0.1, 0.15) is 23.0 Å². The highest BCUT2D eigenvalue weighted by atomic mass is 32.2. The van der Waals surface area contributed by atoms with E-state index >= 15 is 0 Å². The summed E-state index contributed by atoms with van der Waals surface area (Å²) in [6.45, 7) is 2.07. The van der Waals surface area contributed by atoms with Gasteiger partial charge < -0.3 is 19.8 Å². The van der Waals surface area contributed by atoms with E-state index in [1.54, 1.807) is 43.3 Å². The Hall–Kier alpha value is -3.70. The molecule has 0 aliphatic carbocycles. The second kappa shape index (κ2) is 10.9. The molecule has 0 saturated carbocycles. The Kier molecular flexibility index (Phi) is 7.55. The van der Waals surface area contributed by atoms with Crippen molar-refractivity contribution in [3.05, 3.63) is 65.9 Å². The summed E-state index contributed by atoms with van der Waals surface area (Å²) in [5.41, 5.74) is 2.00. The molecule has 34 heavy (non-hydrogen) atoms. The number of para-hydroxylation sites is 1. The minimum atomic E-state index is -0.352. The van der Waals surface area contributed by atoms with Gasteiger partial charge in [-0.25, -0.2) is 0 Å². The Morgan fingerprint density at radius 1 is 1.06 bits per heavy atom. The zero-order valence-electron chi connectivity index (χ0n) is 18.1. The van der Waals surface area contributed by atoms with E-state index in [0.29, 0.717) is 27.3 Å². The first-order valence-electron chi connectivity index (χ1n) is 10.3. The molecule has 0 radical (unpaired) electrons. The molecular formula is C23H20N4O5S2. The zero-order valence-corrected chi connectivity index (χ0v) is 19.7. The molecule has 2 aromatic heterocycles. The fourth-order valence-electron chi connectivity index (χ4n) is 2.98. The number of esters is 1. The van der Waals surface area contributed by atoms with E-state index in [1.165, 1.54) is 23.1 Å². The van der Waals surface area contributed by atoms with E-state index in [4.69, 9.17) is 9.15 Å². The number of rotatable bonds is 9. The quantitative estimate of drug-likeness (QED) is 0.199. The summed E-state index contributed by atoms with van der Waals surface area (Å²) >= 11 is 2.39. The fraction of sp³-hybridized carbons (Fsp3) is 0.174. The molecule has 11 heteroatoms. The smallest absolute Gasteiger partial charge is 0.316 e. The Labute approximate surface area is 202 Å². The predicted octanol–water partition coefficient (Wildman–Crippen LogP) is 4.37. The summed E-state index contributed by atoms with van der Waals surface area (Å²) in [5, 5.41) is 14.6. The van der Waals surface area contributed by atoms with Gasteiger partial charge in [0.2, 0.25) is 11.0 Å². The molecule has 0 fully saturated rings. The van der Waals surface area contributed by atoms with Gasteiger partial charge in [0.25, 0.3) is 5.91 Å². The summed E-state index contributed by atoms with van der Waals surface area (Å²) < 4.78 is 11.0. The molecule has 174 valence electrons. The second-order valence-corrected chi connectivity index (χ2v) is 9.19. The number of hydrogen-bond donors (Lipinski definition) is 2. The summed E-state index contributed by atoms with van der Waals surface area (Å²) in [4.78, 5) is 36.2. The predicted molar refractivity (Wildman–Crippen MR) is 130 cm³/mol. The molecule has 0 saturated heterocycles. The molecular weight excluding hydrogens is 476 g/mol. The molecule has 0 unspecified atom stereocenters. The first kappa shape index (κ1) is 23.5. The van der Waals surface area contributed by atoms with E-state index in [-0.39, 0.29) is 35.7 Å². The number of fused-ring (bicyclic) bond motifs is 1. The normalized spacial score (nSPS) is 10.7. The average molecular weight is 497 g/mol. The lowest BCUT2D eigenvalue weighted by Gasteiger charge is -2.05. The number of benzene rings is 2. The lowest BCUT2D eigenvalue weighted by molar-refractivity contribution is -0.139. The number of carbonyl (C=O) groups is 3. The van der Waals surface area contributed by atoms with Crippen LogP contribution in [0.25, 0.3) is 11.0 Å². The van der Waals surface area contributed by atoms with E-state index in [0.717, 1.165) is 10.9 Å². The van der Waals surface area contributed by atoms with Crippen molar-refractivity contribution in [2.24, 2.45) is 0 Å². The number of nitrogens with zero attached hydrogens (tertiary/aromatic N) is 2. The largest absolute Gasteiger partial charge is 0.465 e. The third kappa shape index (κ3) is 6.21.